The van der Waals surface area contributed by atoms with Gasteiger partial charge in [-0.1, -0.05) is 165 Å². The molecule has 0 aliphatic rings. The summed E-state index contributed by atoms with van der Waals surface area (Å²) in [6.45, 7) is 4.52. The first-order valence-corrected chi connectivity index (χ1v) is 22.6. The van der Waals surface area contributed by atoms with Gasteiger partial charge in [0, 0.05) is 6.42 Å². The van der Waals surface area contributed by atoms with Gasteiger partial charge >= 0.3 is 0 Å². The Morgan fingerprint density at radius 1 is 0.717 bits per heavy atom. The van der Waals surface area contributed by atoms with Crippen molar-refractivity contribution in [1.82, 2.24) is 5.32 Å². The number of amides is 1. The first kappa shape index (κ1) is 51.4. The molecule has 0 radical (unpaired) electrons. The highest BCUT2D eigenvalue weighted by Gasteiger charge is 2.24. The number of carbonyl (C=O) groups is 1. The third kappa shape index (κ3) is 37.1. The van der Waals surface area contributed by atoms with Gasteiger partial charge in [-0.3, -0.25) is 9.36 Å². The lowest BCUT2D eigenvalue weighted by atomic mass is 10.0. The number of quaternary nitrogens is 1. The number of phosphoric ester groups is 1. The van der Waals surface area contributed by atoms with Crippen molar-refractivity contribution >= 4 is 13.7 Å². The van der Waals surface area contributed by atoms with Crippen molar-refractivity contribution in [3.8, 4) is 0 Å². The van der Waals surface area contributed by atoms with Crippen LogP contribution in [0, 0.1) is 0 Å². The molecule has 4 atom stereocenters. The molecular weight excluding hydrogens is 687 g/mol. The van der Waals surface area contributed by atoms with Gasteiger partial charge in [0.15, 0.2) is 0 Å². The largest absolute Gasteiger partial charge is 0.756 e. The third-order valence-electron chi connectivity index (χ3n) is 9.17. The zero-order valence-electron chi connectivity index (χ0n) is 34.6. The summed E-state index contributed by atoms with van der Waals surface area (Å²) < 4.78 is 23.2. The van der Waals surface area contributed by atoms with E-state index >= 15 is 0 Å². The third-order valence-corrected chi connectivity index (χ3v) is 10.1. The number of carbonyl (C=O) groups excluding carboxylic acids is 1. The summed E-state index contributed by atoms with van der Waals surface area (Å²) in [5, 5.41) is 23.7. The SMILES string of the molecule is CCCCCCCCCCCCCCC[C@@H](O)[C@H](COP(=O)([O-])OCC[N+](C)(C)C)NC(=O)CCC/C=C\C/C=C\C/C=C\C=C\[C@@H](O)CCCCC. The van der Waals surface area contributed by atoms with Gasteiger partial charge in [0.1, 0.15) is 13.2 Å². The molecule has 0 aliphatic heterocycles. The lowest BCUT2D eigenvalue weighted by Gasteiger charge is -2.30. The number of unbranched alkanes of at least 4 members (excludes halogenated alkanes) is 15. The number of aliphatic hydroxyl groups is 2. The Morgan fingerprint density at radius 3 is 1.85 bits per heavy atom. The van der Waals surface area contributed by atoms with Crippen LogP contribution in [0.2, 0.25) is 0 Å². The summed E-state index contributed by atoms with van der Waals surface area (Å²) >= 11 is 0. The van der Waals surface area contributed by atoms with Gasteiger partial charge in [-0.25, -0.2) is 0 Å². The Kier molecular flexibility index (Phi) is 33.8. The number of phosphoric acid groups is 1. The highest BCUT2D eigenvalue weighted by Crippen LogP contribution is 2.38. The number of aliphatic hydroxyl groups excluding tert-OH is 2. The van der Waals surface area contributed by atoms with E-state index < -0.39 is 20.0 Å². The summed E-state index contributed by atoms with van der Waals surface area (Å²) in [7, 11) is 1.23. The van der Waals surface area contributed by atoms with Crippen LogP contribution >= 0.6 is 7.82 Å². The Labute approximate surface area is 325 Å². The summed E-state index contributed by atoms with van der Waals surface area (Å²) in [4.78, 5) is 25.2. The van der Waals surface area contributed by atoms with E-state index in [1.165, 1.54) is 64.2 Å². The lowest BCUT2D eigenvalue weighted by molar-refractivity contribution is -0.870. The Bertz CT molecular complexity index is 1020. The summed E-state index contributed by atoms with van der Waals surface area (Å²) in [5.74, 6) is -0.239. The van der Waals surface area contributed by atoms with E-state index in [1.807, 2.05) is 39.4 Å². The fourth-order valence-electron chi connectivity index (χ4n) is 5.73. The topological polar surface area (TPSA) is 128 Å². The van der Waals surface area contributed by atoms with Gasteiger partial charge in [-0.15, -0.1) is 0 Å². The Balaban J connectivity index is 4.57. The first-order chi connectivity index (χ1) is 25.4. The molecule has 3 N–H and O–H groups in total. The summed E-state index contributed by atoms with van der Waals surface area (Å²) in [6, 6.07) is -0.842. The van der Waals surface area contributed by atoms with E-state index in [-0.39, 0.29) is 31.6 Å². The minimum atomic E-state index is -4.59. The zero-order valence-corrected chi connectivity index (χ0v) is 35.5. The smallest absolute Gasteiger partial charge is 0.268 e. The van der Waals surface area contributed by atoms with Crippen molar-refractivity contribution in [2.24, 2.45) is 0 Å². The normalized spacial score (nSPS) is 15.5. The molecule has 53 heavy (non-hydrogen) atoms. The Morgan fingerprint density at radius 2 is 1.25 bits per heavy atom. The van der Waals surface area contributed by atoms with Crippen LogP contribution in [0.15, 0.2) is 48.6 Å². The van der Waals surface area contributed by atoms with Crippen molar-refractivity contribution in [3.05, 3.63) is 48.6 Å². The average molecular weight is 769 g/mol. The molecule has 0 aromatic rings. The monoisotopic (exact) mass is 769 g/mol. The average Bonchev–Trinajstić information content (AvgIpc) is 3.10. The van der Waals surface area contributed by atoms with Crippen LogP contribution in [0.4, 0.5) is 0 Å². The highest BCUT2D eigenvalue weighted by atomic mass is 31.2. The number of nitrogens with zero attached hydrogens (tertiary/aromatic N) is 1. The molecule has 0 saturated heterocycles. The molecule has 0 heterocycles. The second-order valence-electron chi connectivity index (χ2n) is 15.5. The molecule has 0 aromatic carbocycles. The first-order valence-electron chi connectivity index (χ1n) is 21.1. The minimum absolute atomic E-state index is 0.00808. The van der Waals surface area contributed by atoms with Crippen LogP contribution in [-0.2, 0) is 18.4 Å². The van der Waals surface area contributed by atoms with Gasteiger partial charge in [0.05, 0.1) is 46.0 Å². The van der Waals surface area contributed by atoms with Gasteiger partial charge in [-0.05, 0) is 38.5 Å². The molecule has 310 valence electrons. The molecule has 1 amide bonds. The number of hydrogen-bond donors (Lipinski definition) is 3. The summed E-state index contributed by atoms with van der Waals surface area (Å²) in [6.07, 6.45) is 38.7. The number of rotatable bonds is 37. The van der Waals surface area contributed by atoms with Crippen LogP contribution in [-0.4, -0.2) is 79.8 Å². The number of likely N-dealkylation sites (N-methyl/N-ethyl adjacent to an activating group) is 1. The predicted molar refractivity (Wildman–Crippen MR) is 220 cm³/mol. The van der Waals surface area contributed by atoms with E-state index in [9.17, 15) is 24.5 Å². The van der Waals surface area contributed by atoms with E-state index in [1.54, 1.807) is 0 Å². The predicted octanol–water partition coefficient (Wildman–Crippen LogP) is 9.64. The van der Waals surface area contributed by atoms with Crippen LogP contribution < -0.4 is 10.2 Å². The van der Waals surface area contributed by atoms with Crippen molar-refractivity contribution < 1.29 is 38.0 Å². The molecule has 0 aromatic heterocycles. The van der Waals surface area contributed by atoms with E-state index in [4.69, 9.17) is 9.05 Å². The Hall–Kier alpha value is -1.58. The maximum Gasteiger partial charge on any atom is 0.268 e. The van der Waals surface area contributed by atoms with E-state index in [0.29, 0.717) is 23.9 Å². The lowest BCUT2D eigenvalue weighted by Crippen LogP contribution is -2.46. The second-order valence-corrected chi connectivity index (χ2v) is 17.0. The van der Waals surface area contributed by atoms with Gasteiger partial charge in [0.2, 0.25) is 5.91 Å². The second kappa shape index (κ2) is 34.9. The van der Waals surface area contributed by atoms with Gasteiger partial charge < -0.3 is 34.0 Å². The molecule has 9 nitrogen and oxygen atoms in total. The molecule has 0 aliphatic carbocycles. The van der Waals surface area contributed by atoms with Crippen molar-refractivity contribution in [3.63, 3.8) is 0 Å². The fraction of sp³-hybridized carbons (Fsp3) is 0.791. The molecule has 0 spiro atoms. The van der Waals surface area contributed by atoms with Gasteiger partial charge in [-0.2, -0.15) is 0 Å². The van der Waals surface area contributed by atoms with Crippen molar-refractivity contribution in [2.45, 2.75) is 180 Å². The fourth-order valence-corrected chi connectivity index (χ4v) is 6.45. The molecule has 0 bridgehead atoms. The minimum Gasteiger partial charge on any atom is -0.756 e. The van der Waals surface area contributed by atoms with E-state index in [0.717, 1.165) is 64.2 Å². The number of hydrogen-bond acceptors (Lipinski definition) is 7. The van der Waals surface area contributed by atoms with Crippen LogP contribution in [0.3, 0.4) is 0 Å². The van der Waals surface area contributed by atoms with E-state index in [2.05, 4.69) is 49.5 Å². The maximum atomic E-state index is 12.8. The molecule has 1 unspecified atom stereocenters. The molecule has 0 saturated carbocycles. The molecule has 0 rings (SSSR count). The molecule has 0 fully saturated rings. The standard InChI is InChI=1S/C43H81N2O7P/c1-6-8-10-11-12-13-14-15-18-21-24-27-31-35-42(47)41(39-52-53(49,50)51-38-37-45(3,4)5)44-43(48)36-32-28-25-22-19-16-17-20-23-26-30-34-40(46)33-29-9-7-2/h16-17,22-23,25-26,30,34,40-42,46-47H,6-15,18-21,24,27-29,31-33,35-39H2,1-5H3,(H-,44,48,49,50)/b17-16-,25-22-,26-23-,34-30+/t40-,41-,42+/m0/s1. The molecule has 10 heteroatoms. The van der Waals surface area contributed by atoms with Crippen LogP contribution in [0.25, 0.3) is 0 Å². The van der Waals surface area contributed by atoms with Crippen LogP contribution in [0.1, 0.15) is 162 Å². The number of nitrogens with one attached hydrogen (secondary N) is 1. The molecular formula is C43H81N2O7P. The van der Waals surface area contributed by atoms with Crippen LogP contribution in [0.5, 0.6) is 0 Å². The summed E-state index contributed by atoms with van der Waals surface area (Å²) in [5.41, 5.74) is 0. The zero-order chi connectivity index (χ0) is 39.5. The number of allylic oxidation sites excluding steroid dienone is 7. The quantitative estimate of drug-likeness (QED) is 0.0189. The van der Waals surface area contributed by atoms with Crippen molar-refractivity contribution in [1.29, 1.82) is 0 Å². The van der Waals surface area contributed by atoms with Crippen molar-refractivity contribution in [2.75, 3.05) is 40.9 Å². The maximum absolute atomic E-state index is 12.8. The highest BCUT2D eigenvalue weighted by molar-refractivity contribution is 7.45. The van der Waals surface area contributed by atoms with Gasteiger partial charge in [0.25, 0.3) is 7.82 Å².